The van der Waals surface area contributed by atoms with Gasteiger partial charge in [0.1, 0.15) is 0 Å². The van der Waals surface area contributed by atoms with E-state index >= 15 is 0 Å². The van der Waals surface area contributed by atoms with Gasteiger partial charge in [0.05, 0.1) is 17.8 Å². The summed E-state index contributed by atoms with van der Waals surface area (Å²) in [6.45, 7) is 1.67. The average molecular weight is 271 g/mol. The van der Waals surface area contributed by atoms with Gasteiger partial charge >= 0.3 is 0 Å². The first-order chi connectivity index (χ1) is 8.81. The molecule has 0 aromatic carbocycles. The summed E-state index contributed by atoms with van der Waals surface area (Å²) in [7, 11) is 0. The van der Waals surface area contributed by atoms with Crippen molar-refractivity contribution in [2.24, 2.45) is 11.7 Å². The van der Waals surface area contributed by atoms with Gasteiger partial charge in [-0.1, -0.05) is 6.42 Å². The van der Waals surface area contributed by atoms with E-state index in [9.17, 15) is 0 Å². The minimum absolute atomic E-state index is 0.143. The van der Waals surface area contributed by atoms with Crippen LogP contribution < -0.4 is 5.73 Å². The third kappa shape index (κ3) is 2.72. The summed E-state index contributed by atoms with van der Waals surface area (Å²) in [5.41, 5.74) is 5.98. The van der Waals surface area contributed by atoms with Crippen LogP contribution in [0.1, 0.15) is 38.5 Å². The van der Waals surface area contributed by atoms with Gasteiger partial charge in [0, 0.05) is 18.8 Å². The van der Waals surface area contributed by atoms with Gasteiger partial charge in [-0.2, -0.15) is 11.8 Å². The Kier molecular flexibility index (Phi) is 4.18. The molecule has 4 unspecified atom stereocenters. The van der Waals surface area contributed by atoms with Gasteiger partial charge in [-0.05, 0) is 43.9 Å². The molecule has 4 heteroatoms. The molecule has 0 aromatic heterocycles. The second kappa shape index (κ2) is 5.70. The van der Waals surface area contributed by atoms with E-state index < -0.39 is 0 Å². The third-order valence-corrected chi connectivity index (χ3v) is 6.00. The molecule has 18 heavy (non-hydrogen) atoms. The highest BCUT2D eigenvalue weighted by molar-refractivity contribution is 7.99. The molecule has 0 bridgehead atoms. The topological polar surface area (TPSA) is 44.5 Å². The minimum atomic E-state index is 0.143. The van der Waals surface area contributed by atoms with Crippen molar-refractivity contribution >= 4 is 11.8 Å². The standard InChI is InChI=1S/C14H25NO2S/c15-9-11-2-1-3-13(11)17-12-4-6-16-14(8-12)5-7-18-10-14/h11-13H,1-10,15H2. The molecule has 0 amide bonds. The van der Waals surface area contributed by atoms with Gasteiger partial charge in [0.2, 0.25) is 0 Å². The van der Waals surface area contributed by atoms with E-state index in [0.29, 0.717) is 18.1 Å². The molecular weight excluding hydrogens is 246 g/mol. The van der Waals surface area contributed by atoms with E-state index in [1.54, 1.807) is 0 Å². The second-order valence-electron chi connectivity index (χ2n) is 6.05. The van der Waals surface area contributed by atoms with Gasteiger partial charge in [-0.3, -0.25) is 0 Å². The zero-order chi connectivity index (χ0) is 12.4. The maximum Gasteiger partial charge on any atom is 0.0805 e. The molecule has 4 atom stereocenters. The molecule has 1 aliphatic carbocycles. The summed E-state index contributed by atoms with van der Waals surface area (Å²) >= 11 is 2.03. The summed E-state index contributed by atoms with van der Waals surface area (Å²) in [5, 5.41) is 0. The lowest BCUT2D eigenvalue weighted by atomic mass is 9.91. The normalized spacial score (nSPS) is 44.8. The van der Waals surface area contributed by atoms with Gasteiger partial charge in [-0.15, -0.1) is 0 Å². The number of nitrogens with two attached hydrogens (primary N) is 1. The van der Waals surface area contributed by atoms with Crippen LogP contribution in [0.15, 0.2) is 0 Å². The Morgan fingerprint density at radius 3 is 3.06 bits per heavy atom. The van der Waals surface area contributed by atoms with Crippen LogP contribution in [-0.2, 0) is 9.47 Å². The van der Waals surface area contributed by atoms with Crippen LogP contribution in [-0.4, -0.2) is 42.5 Å². The van der Waals surface area contributed by atoms with E-state index in [1.807, 2.05) is 11.8 Å². The van der Waals surface area contributed by atoms with Crippen LogP contribution in [0.25, 0.3) is 0 Å². The Labute approximate surface area is 114 Å². The van der Waals surface area contributed by atoms with Crippen molar-refractivity contribution in [1.82, 2.24) is 0 Å². The molecule has 3 aliphatic rings. The van der Waals surface area contributed by atoms with E-state index in [-0.39, 0.29) is 5.60 Å². The molecule has 2 heterocycles. The monoisotopic (exact) mass is 271 g/mol. The van der Waals surface area contributed by atoms with Crippen LogP contribution in [0.2, 0.25) is 0 Å². The van der Waals surface area contributed by atoms with E-state index in [4.69, 9.17) is 15.2 Å². The zero-order valence-corrected chi connectivity index (χ0v) is 11.9. The lowest BCUT2D eigenvalue weighted by molar-refractivity contribution is -0.141. The van der Waals surface area contributed by atoms with Crippen LogP contribution in [0, 0.1) is 5.92 Å². The number of rotatable bonds is 3. The summed E-state index contributed by atoms with van der Waals surface area (Å²) in [4.78, 5) is 0. The van der Waals surface area contributed by atoms with Crippen molar-refractivity contribution in [3.05, 3.63) is 0 Å². The van der Waals surface area contributed by atoms with Gasteiger partial charge < -0.3 is 15.2 Å². The van der Waals surface area contributed by atoms with E-state index in [1.165, 1.54) is 31.4 Å². The molecule has 1 spiro atoms. The second-order valence-corrected chi connectivity index (χ2v) is 7.16. The lowest BCUT2D eigenvalue weighted by Gasteiger charge is -2.39. The molecule has 1 saturated carbocycles. The molecular formula is C14H25NO2S. The lowest BCUT2D eigenvalue weighted by Crippen LogP contribution is -2.44. The summed E-state index contributed by atoms with van der Waals surface area (Å²) < 4.78 is 12.4. The molecule has 0 aromatic rings. The molecule has 3 nitrogen and oxygen atoms in total. The average Bonchev–Trinajstić information content (AvgIpc) is 2.99. The Hall–Kier alpha value is 0.230. The Morgan fingerprint density at radius 2 is 2.28 bits per heavy atom. The Bertz CT molecular complexity index is 281. The molecule has 2 aliphatic heterocycles. The number of ether oxygens (including phenoxy) is 2. The summed E-state index contributed by atoms with van der Waals surface area (Å²) in [6.07, 6.45) is 7.97. The SMILES string of the molecule is NCC1CCCC1OC1CCOC2(CCSC2)C1. The Balaban J connectivity index is 1.56. The van der Waals surface area contributed by atoms with Crippen molar-refractivity contribution in [3.8, 4) is 0 Å². The van der Waals surface area contributed by atoms with Gasteiger partial charge in [0.15, 0.2) is 0 Å². The van der Waals surface area contributed by atoms with Crippen molar-refractivity contribution in [2.45, 2.75) is 56.3 Å². The van der Waals surface area contributed by atoms with Crippen molar-refractivity contribution in [1.29, 1.82) is 0 Å². The van der Waals surface area contributed by atoms with Crippen LogP contribution >= 0.6 is 11.8 Å². The largest absolute Gasteiger partial charge is 0.374 e. The fraction of sp³-hybridized carbons (Fsp3) is 1.00. The highest BCUT2D eigenvalue weighted by atomic mass is 32.2. The van der Waals surface area contributed by atoms with Crippen molar-refractivity contribution in [2.75, 3.05) is 24.7 Å². The molecule has 0 radical (unpaired) electrons. The maximum absolute atomic E-state index is 6.37. The fourth-order valence-electron chi connectivity index (χ4n) is 3.66. The number of hydrogen-bond donors (Lipinski definition) is 1. The predicted octanol–water partition coefficient (Wildman–Crippen LogP) is 2.19. The molecule has 3 fully saturated rings. The fourth-order valence-corrected chi connectivity index (χ4v) is 5.04. The minimum Gasteiger partial charge on any atom is -0.374 e. The van der Waals surface area contributed by atoms with Gasteiger partial charge in [-0.25, -0.2) is 0 Å². The first-order valence-corrected chi connectivity index (χ1v) is 8.54. The van der Waals surface area contributed by atoms with Crippen molar-refractivity contribution < 1.29 is 9.47 Å². The molecule has 2 saturated heterocycles. The molecule has 3 rings (SSSR count). The first-order valence-electron chi connectivity index (χ1n) is 7.39. The maximum atomic E-state index is 6.37. The van der Waals surface area contributed by atoms with Crippen molar-refractivity contribution in [3.63, 3.8) is 0 Å². The predicted molar refractivity (Wildman–Crippen MR) is 74.9 cm³/mol. The smallest absolute Gasteiger partial charge is 0.0805 e. The zero-order valence-electron chi connectivity index (χ0n) is 11.1. The molecule has 104 valence electrons. The first kappa shape index (κ1) is 13.2. The molecule has 2 N–H and O–H groups in total. The highest BCUT2D eigenvalue weighted by Gasteiger charge is 2.42. The summed E-state index contributed by atoms with van der Waals surface area (Å²) in [5.74, 6) is 3.01. The quantitative estimate of drug-likeness (QED) is 0.854. The number of thioether (sulfide) groups is 1. The van der Waals surface area contributed by atoms with E-state index in [0.717, 1.165) is 31.7 Å². The third-order valence-electron chi connectivity index (χ3n) is 4.77. The van der Waals surface area contributed by atoms with Crippen LogP contribution in [0.5, 0.6) is 0 Å². The van der Waals surface area contributed by atoms with Crippen LogP contribution in [0.3, 0.4) is 0 Å². The van der Waals surface area contributed by atoms with E-state index in [2.05, 4.69) is 0 Å². The summed E-state index contributed by atoms with van der Waals surface area (Å²) in [6, 6.07) is 0. The highest BCUT2D eigenvalue weighted by Crippen LogP contribution is 2.40. The Morgan fingerprint density at radius 1 is 1.33 bits per heavy atom. The number of hydrogen-bond acceptors (Lipinski definition) is 4. The van der Waals surface area contributed by atoms with Gasteiger partial charge in [0.25, 0.3) is 0 Å². The van der Waals surface area contributed by atoms with Crippen LogP contribution in [0.4, 0.5) is 0 Å².